The van der Waals surface area contributed by atoms with E-state index in [1.165, 1.54) is 51.4 Å². The molecule has 2 aliphatic carbocycles. The van der Waals surface area contributed by atoms with Gasteiger partial charge in [-0.25, -0.2) is 0 Å². The summed E-state index contributed by atoms with van der Waals surface area (Å²) in [6.07, 6.45) is 28.0. The molecule has 0 aromatic heterocycles. The SMILES string of the molecule is C1=CCCC=CCC1.C1=CCCC=CCC1.[Ir]. The average Bonchev–Trinajstić information content (AvgIpc) is 2.15. The molecule has 0 spiro atoms. The van der Waals surface area contributed by atoms with Gasteiger partial charge in [-0.3, -0.25) is 0 Å². The smallest absolute Gasteiger partial charge is 0 e. The molecule has 2 aliphatic rings. The summed E-state index contributed by atoms with van der Waals surface area (Å²) in [5, 5.41) is 0. The zero-order chi connectivity index (χ0) is 11.3. The largest absolute Gasteiger partial charge is 0.0882 e. The normalized spacial score (nSPS) is 18.8. The maximum atomic E-state index is 2.27. The van der Waals surface area contributed by atoms with Crippen LogP contribution in [-0.2, 0) is 20.1 Å². The maximum Gasteiger partial charge on any atom is 0 e. The summed E-state index contributed by atoms with van der Waals surface area (Å²) in [4.78, 5) is 0. The maximum absolute atomic E-state index is 2.27. The van der Waals surface area contributed by atoms with Crippen LogP contribution < -0.4 is 0 Å². The van der Waals surface area contributed by atoms with Gasteiger partial charge in [0.25, 0.3) is 0 Å². The first kappa shape index (κ1) is 16.6. The first-order chi connectivity index (χ1) is 8.00. The predicted molar refractivity (Wildman–Crippen MR) is 73.5 cm³/mol. The molecule has 0 N–H and O–H groups in total. The summed E-state index contributed by atoms with van der Waals surface area (Å²) in [6.45, 7) is 0. The molecule has 0 saturated carbocycles. The first-order valence-corrected chi connectivity index (χ1v) is 6.60. The van der Waals surface area contributed by atoms with Crippen molar-refractivity contribution in [3.63, 3.8) is 0 Å². The predicted octanol–water partition coefficient (Wildman–Crippen LogP) is 5.34. The molecule has 0 nitrogen and oxygen atoms in total. The molecule has 0 bridgehead atoms. The van der Waals surface area contributed by atoms with Gasteiger partial charge in [0, 0.05) is 20.1 Å². The Bertz CT molecular complexity index is 179. The minimum absolute atomic E-state index is 0. The quantitative estimate of drug-likeness (QED) is 0.475. The molecule has 0 aliphatic heterocycles. The third-order valence-electron chi connectivity index (χ3n) is 2.67. The van der Waals surface area contributed by atoms with Crippen molar-refractivity contribution in [3.8, 4) is 0 Å². The van der Waals surface area contributed by atoms with Gasteiger partial charge < -0.3 is 0 Å². The van der Waals surface area contributed by atoms with Gasteiger partial charge in [-0.2, -0.15) is 0 Å². The van der Waals surface area contributed by atoms with E-state index in [-0.39, 0.29) is 20.1 Å². The van der Waals surface area contributed by atoms with Crippen LogP contribution in [0, 0.1) is 0 Å². The molecule has 97 valence electrons. The molecule has 0 atom stereocenters. The van der Waals surface area contributed by atoms with Gasteiger partial charge in [-0.15, -0.1) is 0 Å². The van der Waals surface area contributed by atoms with Gasteiger partial charge in [0.15, 0.2) is 0 Å². The van der Waals surface area contributed by atoms with E-state index in [1.807, 2.05) is 0 Å². The zero-order valence-corrected chi connectivity index (χ0v) is 13.0. The second kappa shape index (κ2) is 13.7. The topological polar surface area (TPSA) is 0 Å². The van der Waals surface area contributed by atoms with Crippen molar-refractivity contribution in [1.29, 1.82) is 0 Å². The monoisotopic (exact) mass is 409 g/mol. The molecule has 0 fully saturated rings. The van der Waals surface area contributed by atoms with Gasteiger partial charge in [0.05, 0.1) is 0 Å². The Hall–Kier alpha value is -0.391. The van der Waals surface area contributed by atoms with Crippen LogP contribution in [0.15, 0.2) is 48.6 Å². The standard InChI is InChI=1S/2C8H12.Ir/c2*1-2-4-6-8-7-5-3-1;/h2*1-2,7-8H,3-6H2;. The van der Waals surface area contributed by atoms with Crippen molar-refractivity contribution in [2.75, 3.05) is 0 Å². The average molecular weight is 409 g/mol. The fourth-order valence-electron chi connectivity index (χ4n) is 1.71. The molecule has 0 aromatic rings. The molecular weight excluding hydrogens is 384 g/mol. The van der Waals surface area contributed by atoms with Crippen LogP contribution in [0.4, 0.5) is 0 Å². The molecule has 1 heteroatoms. The molecule has 17 heavy (non-hydrogen) atoms. The third-order valence-corrected chi connectivity index (χ3v) is 2.67. The van der Waals surface area contributed by atoms with Crippen LogP contribution in [0.5, 0.6) is 0 Å². The summed E-state index contributed by atoms with van der Waals surface area (Å²) < 4.78 is 0. The Balaban J connectivity index is 0.000000284. The van der Waals surface area contributed by atoms with Gasteiger partial charge in [0.2, 0.25) is 0 Å². The van der Waals surface area contributed by atoms with Crippen LogP contribution in [0.1, 0.15) is 51.4 Å². The molecule has 2 rings (SSSR count). The Morgan fingerprint density at radius 3 is 0.529 bits per heavy atom. The van der Waals surface area contributed by atoms with E-state index in [0.29, 0.717) is 0 Å². The third kappa shape index (κ3) is 11.9. The molecular formula is C16H24Ir. The van der Waals surface area contributed by atoms with Gasteiger partial charge in [-0.1, -0.05) is 48.6 Å². The van der Waals surface area contributed by atoms with E-state index in [0.717, 1.165) is 0 Å². The molecule has 0 saturated heterocycles. The van der Waals surface area contributed by atoms with Gasteiger partial charge >= 0.3 is 0 Å². The first-order valence-electron chi connectivity index (χ1n) is 6.60. The Morgan fingerprint density at radius 2 is 0.412 bits per heavy atom. The van der Waals surface area contributed by atoms with Crippen molar-refractivity contribution >= 4 is 0 Å². The van der Waals surface area contributed by atoms with Crippen molar-refractivity contribution in [1.82, 2.24) is 0 Å². The summed E-state index contributed by atoms with van der Waals surface area (Å²) in [6, 6.07) is 0. The summed E-state index contributed by atoms with van der Waals surface area (Å²) >= 11 is 0. The van der Waals surface area contributed by atoms with Crippen LogP contribution in [0.3, 0.4) is 0 Å². The van der Waals surface area contributed by atoms with E-state index < -0.39 is 0 Å². The fraction of sp³-hybridized carbons (Fsp3) is 0.500. The Morgan fingerprint density at radius 1 is 0.294 bits per heavy atom. The Kier molecular flexibility index (Phi) is 13.4. The second-order valence-electron chi connectivity index (χ2n) is 4.20. The van der Waals surface area contributed by atoms with E-state index >= 15 is 0 Å². The van der Waals surface area contributed by atoms with E-state index in [2.05, 4.69) is 48.6 Å². The number of hydrogen-bond donors (Lipinski definition) is 0. The fourth-order valence-corrected chi connectivity index (χ4v) is 1.71. The second-order valence-corrected chi connectivity index (χ2v) is 4.20. The van der Waals surface area contributed by atoms with Gasteiger partial charge in [0.1, 0.15) is 0 Å². The van der Waals surface area contributed by atoms with E-state index in [9.17, 15) is 0 Å². The number of allylic oxidation sites excluding steroid dienone is 8. The molecule has 1 radical (unpaired) electrons. The van der Waals surface area contributed by atoms with E-state index in [4.69, 9.17) is 0 Å². The van der Waals surface area contributed by atoms with Crippen molar-refractivity contribution in [2.24, 2.45) is 0 Å². The summed E-state index contributed by atoms with van der Waals surface area (Å²) in [7, 11) is 0. The molecule has 0 heterocycles. The molecule has 0 aromatic carbocycles. The van der Waals surface area contributed by atoms with Gasteiger partial charge in [-0.05, 0) is 51.4 Å². The van der Waals surface area contributed by atoms with Crippen LogP contribution in [0.2, 0.25) is 0 Å². The summed E-state index contributed by atoms with van der Waals surface area (Å²) in [5.41, 5.74) is 0. The minimum Gasteiger partial charge on any atom is -0.0882 e. The zero-order valence-electron chi connectivity index (χ0n) is 10.6. The number of rotatable bonds is 0. The van der Waals surface area contributed by atoms with Crippen LogP contribution in [0.25, 0.3) is 0 Å². The molecule has 0 unspecified atom stereocenters. The minimum atomic E-state index is 0. The van der Waals surface area contributed by atoms with Crippen LogP contribution >= 0.6 is 0 Å². The van der Waals surface area contributed by atoms with Crippen molar-refractivity contribution < 1.29 is 20.1 Å². The number of hydrogen-bond acceptors (Lipinski definition) is 0. The van der Waals surface area contributed by atoms with E-state index in [1.54, 1.807) is 0 Å². The van der Waals surface area contributed by atoms with Crippen molar-refractivity contribution in [2.45, 2.75) is 51.4 Å². The van der Waals surface area contributed by atoms with Crippen molar-refractivity contribution in [3.05, 3.63) is 48.6 Å². The van der Waals surface area contributed by atoms with Crippen LogP contribution in [-0.4, -0.2) is 0 Å². The summed E-state index contributed by atoms with van der Waals surface area (Å²) in [5.74, 6) is 0. The Labute approximate surface area is 120 Å². The molecule has 0 amide bonds.